The summed E-state index contributed by atoms with van der Waals surface area (Å²) in [5, 5.41) is 0. The van der Waals surface area contributed by atoms with Crippen LogP contribution in [-0.2, 0) is 31.9 Å². The summed E-state index contributed by atoms with van der Waals surface area (Å²) in [4.78, 5) is 50.7. The van der Waals surface area contributed by atoms with Crippen LogP contribution in [0.1, 0.15) is 38.3 Å². The van der Waals surface area contributed by atoms with Gasteiger partial charge in [0.2, 0.25) is 11.8 Å². The maximum atomic E-state index is 12.3. The van der Waals surface area contributed by atoms with Gasteiger partial charge in [0, 0.05) is 5.92 Å². The molecule has 4 atom stereocenters. The minimum Gasteiger partial charge on any atom is -0.447 e. The van der Waals surface area contributed by atoms with E-state index in [1.165, 1.54) is 9.80 Å². The van der Waals surface area contributed by atoms with Crippen LogP contribution < -0.4 is 0 Å². The van der Waals surface area contributed by atoms with Gasteiger partial charge in [-0.2, -0.15) is 0 Å². The number of benzene rings is 2. The Hall–Kier alpha value is -4.20. The van der Waals surface area contributed by atoms with Crippen LogP contribution >= 0.6 is 0 Å². The normalized spacial score (nSPS) is 19.9. The molecule has 0 saturated carbocycles. The molecule has 0 aromatic heterocycles. The molecule has 2 aliphatic rings. The molecule has 2 aromatic rings. The van der Waals surface area contributed by atoms with Crippen molar-refractivity contribution in [1.82, 2.24) is 9.80 Å². The van der Waals surface area contributed by atoms with Crippen LogP contribution in [0.5, 0.6) is 0 Å². The predicted octanol–water partition coefficient (Wildman–Crippen LogP) is 5.58. The van der Waals surface area contributed by atoms with E-state index in [2.05, 4.69) is 6.58 Å². The number of hydrogen-bond donors (Lipinski definition) is 0. The first-order valence-corrected chi connectivity index (χ1v) is 13.6. The van der Waals surface area contributed by atoms with Crippen molar-refractivity contribution in [3.63, 3.8) is 0 Å². The second kappa shape index (κ2) is 14.8. The molecule has 212 valence electrons. The first kappa shape index (κ1) is 30.3. The third kappa shape index (κ3) is 7.91. The standard InChI is InChI=1S/2C16H19NO3/c2*1-3-7-12(2)15(18)17-14(11-20-16(17)19)10-13-8-5-4-6-9-13/h3-9,12,14H,10-11H2,1-2H3;3-6,8-9,12,14H,1,7,10-11H2,2H3/b7-3+;/t2*12-,14+/m11/s1. The molecule has 40 heavy (non-hydrogen) atoms. The Kier molecular flexibility index (Phi) is 11.2. The summed E-state index contributed by atoms with van der Waals surface area (Å²) in [7, 11) is 0. The van der Waals surface area contributed by atoms with Crippen molar-refractivity contribution >= 4 is 24.0 Å². The van der Waals surface area contributed by atoms with Crippen LogP contribution in [0.3, 0.4) is 0 Å². The van der Waals surface area contributed by atoms with Gasteiger partial charge in [0.15, 0.2) is 0 Å². The first-order chi connectivity index (χ1) is 19.3. The molecule has 0 N–H and O–H groups in total. The number of imide groups is 2. The number of cyclic esters (lactones) is 2. The van der Waals surface area contributed by atoms with Gasteiger partial charge in [0.05, 0.1) is 18.0 Å². The number of nitrogens with zero attached hydrogens (tertiary/aromatic N) is 2. The van der Waals surface area contributed by atoms with Gasteiger partial charge in [0.25, 0.3) is 0 Å². The monoisotopic (exact) mass is 546 g/mol. The van der Waals surface area contributed by atoms with Gasteiger partial charge in [-0.3, -0.25) is 9.59 Å². The number of carbonyl (C=O) groups excluding carboxylic acids is 4. The summed E-state index contributed by atoms with van der Waals surface area (Å²) >= 11 is 0. The summed E-state index contributed by atoms with van der Waals surface area (Å²) in [5.41, 5.74) is 2.18. The Morgan fingerprint density at radius 3 is 1.73 bits per heavy atom. The molecule has 0 bridgehead atoms. The van der Waals surface area contributed by atoms with Gasteiger partial charge in [0.1, 0.15) is 13.2 Å². The van der Waals surface area contributed by atoms with E-state index < -0.39 is 12.2 Å². The van der Waals surface area contributed by atoms with Gasteiger partial charge < -0.3 is 9.47 Å². The van der Waals surface area contributed by atoms with Crippen LogP contribution in [0.25, 0.3) is 0 Å². The third-order valence-electron chi connectivity index (χ3n) is 6.84. The Balaban J connectivity index is 0.000000220. The zero-order chi connectivity index (χ0) is 29.1. The lowest BCUT2D eigenvalue weighted by molar-refractivity contribution is -0.133. The number of rotatable bonds is 9. The van der Waals surface area contributed by atoms with E-state index in [1.54, 1.807) is 26.0 Å². The molecule has 2 saturated heterocycles. The van der Waals surface area contributed by atoms with E-state index >= 15 is 0 Å². The van der Waals surface area contributed by atoms with Crippen LogP contribution in [0.2, 0.25) is 0 Å². The second-order valence-electron chi connectivity index (χ2n) is 10.00. The number of ether oxygens (including phenoxy) is 2. The molecule has 8 nitrogen and oxygen atoms in total. The van der Waals surface area contributed by atoms with E-state index in [4.69, 9.17) is 9.47 Å². The smallest absolute Gasteiger partial charge is 0.417 e. The molecule has 0 radical (unpaired) electrons. The zero-order valence-corrected chi connectivity index (χ0v) is 23.4. The highest BCUT2D eigenvalue weighted by Gasteiger charge is 2.40. The van der Waals surface area contributed by atoms with Gasteiger partial charge in [-0.05, 0) is 37.3 Å². The molecule has 0 unspecified atom stereocenters. The van der Waals surface area contributed by atoms with Gasteiger partial charge in [-0.25, -0.2) is 19.4 Å². The lowest BCUT2D eigenvalue weighted by atomic mass is 10.0. The fourth-order valence-electron chi connectivity index (χ4n) is 4.71. The lowest BCUT2D eigenvalue weighted by Crippen LogP contribution is -2.42. The number of amides is 4. The van der Waals surface area contributed by atoms with Gasteiger partial charge in [-0.1, -0.05) is 92.7 Å². The van der Waals surface area contributed by atoms with Gasteiger partial charge in [-0.15, -0.1) is 6.58 Å². The Morgan fingerprint density at radius 1 is 0.850 bits per heavy atom. The van der Waals surface area contributed by atoms with E-state index in [0.29, 0.717) is 19.3 Å². The molecule has 4 amide bonds. The summed E-state index contributed by atoms with van der Waals surface area (Å²) < 4.78 is 10.1. The Labute approximate surface area is 236 Å². The predicted molar refractivity (Wildman–Crippen MR) is 152 cm³/mol. The highest BCUT2D eigenvalue weighted by Crippen LogP contribution is 2.22. The summed E-state index contributed by atoms with van der Waals surface area (Å²) in [5.74, 6) is -0.958. The maximum absolute atomic E-state index is 12.3. The van der Waals surface area contributed by atoms with Crippen LogP contribution in [-0.4, -0.2) is 59.1 Å². The van der Waals surface area contributed by atoms with Crippen LogP contribution in [0, 0.1) is 11.8 Å². The van der Waals surface area contributed by atoms with Crippen molar-refractivity contribution in [3.8, 4) is 0 Å². The molecular formula is C32H38N2O6. The SMILES string of the molecule is C/C=C/[C@@H](C)C(=O)N1C(=O)OC[C@@H]1Cc1ccccc1.C=CC[C@@H](C)C(=O)N1C(=O)OC[C@@H]1Cc1ccccc1. The first-order valence-electron chi connectivity index (χ1n) is 13.6. The van der Waals surface area contributed by atoms with E-state index in [9.17, 15) is 19.2 Å². The Morgan fingerprint density at radius 2 is 1.30 bits per heavy atom. The summed E-state index contributed by atoms with van der Waals surface area (Å²) in [6.07, 6.45) is 6.03. The summed E-state index contributed by atoms with van der Waals surface area (Å²) in [6, 6.07) is 19.2. The minimum atomic E-state index is -0.535. The largest absolute Gasteiger partial charge is 0.447 e. The average Bonchev–Trinajstić information content (AvgIpc) is 3.50. The van der Waals surface area contributed by atoms with E-state index in [-0.39, 0.29) is 48.9 Å². The molecule has 0 spiro atoms. The fraction of sp³-hybridized carbons (Fsp3) is 0.375. The molecule has 2 fully saturated rings. The zero-order valence-electron chi connectivity index (χ0n) is 23.4. The van der Waals surface area contributed by atoms with Crippen LogP contribution in [0.15, 0.2) is 85.5 Å². The van der Waals surface area contributed by atoms with E-state index in [1.807, 2.05) is 73.7 Å². The average molecular weight is 547 g/mol. The molecule has 4 rings (SSSR count). The van der Waals surface area contributed by atoms with Crippen molar-refractivity contribution < 1.29 is 28.7 Å². The van der Waals surface area contributed by atoms with Crippen molar-refractivity contribution in [2.45, 2.75) is 52.1 Å². The molecule has 8 heteroatoms. The quantitative estimate of drug-likeness (QED) is 0.382. The topological polar surface area (TPSA) is 93.2 Å². The maximum Gasteiger partial charge on any atom is 0.417 e. The number of hydrogen-bond acceptors (Lipinski definition) is 6. The lowest BCUT2D eigenvalue weighted by Gasteiger charge is -2.22. The van der Waals surface area contributed by atoms with Crippen molar-refractivity contribution in [2.75, 3.05) is 13.2 Å². The highest BCUT2D eigenvalue weighted by molar-refractivity contribution is 5.95. The fourth-order valence-corrected chi connectivity index (χ4v) is 4.71. The number of carbonyl (C=O) groups is 4. The number of allylic oxidation sites excluding steroid dienone is 2. The molecule has 2 aromatic carbocycles. The molecule has 0 aliphatic carbocycles. The van der Waals surface area contributed by atoms with Crippen LogP contribution in [0.4, 0.5) is 9.59 Å². The van der Waals surface area contributed by atoms with Crippen molar-refractivity contribution in [3.05, 3.63) is 96.6 Å². The second-order valence-corrected chi connectivity index (χ2v) is 10.00. The Bertz CT molecular complexity index is 1200. The van der Waals surface area contributed by atoms with Crippen molar-refractivity contribution in [2.24, 2.45) is 11.8 Å². The molecule has 2 aliphatic heterocycles. The summed E-state index contributed by atoms with van der Waals surface area (Å²) in [6.45, 7) is 9.60. The minimum absolute atomic E-state index is 0.187. The van der Waals surface area contributed by atoms with E-state index in [0.717, 1.165) is 11.1 Å². The van der Waals surface area contributed by atoms with Crippen molar-refractivity contribution in [1.29, 1.82) is 0 Å². The molecular weight excluding hydrogens is 508 g/mol. The van der Waals surface area contributed by atoms with Gasteiger partial charge >= 0.3 is 12.2 Å². The molecule has 2 heterocycles. The highest BCUT2D eigenvalue weighted by atomic mass is 16.6. The third-order valence-corrected chi connectivity index (χ3v) is 6.84.